The summed E-state index contributed by atoms with van der Waals surface area (Å²) in [4.78, 5) is 2.35. The highest BCUT2D eigenvalue weighted by atomic mass is 19.1. The van der Waals surface area contributed by atoms with Gasteiger partial charge in [0.1, 0.15) is 11.9 Å². The van der Waals surface area contributed by atoms with Crippen LogP contribution in [0.3, 0.4) is 0 Å². The van der Waals surface area contributed by atoms with Crippen molar-refractivity contribution >= 4 is 0 Å². The average molecular weight is 297 g/mol. The minimum atomic E-state index is -0.205. The van der Waals surface area contributed by atoms with Crippen LogP contribution in [0.25, 0.3) is 0 Å². The molecular formula is C19H20FNO. The Morgan fingerprint density at radius 2 is 1.73 bits per heavy atom. The van der Waals surface area contributed by atoms with E-state index in [1.807, 2.05) is 12.1 Å². The van der Waals surface area contributed by atoms with Gasteiger partial charge in [-0.2, -0.15) is 0 Å². The van der Waals surface area contributed by atoms with Gasteiger partial charge >= 0.3 is 0 Å². The molecule has 2 aromatic rings. The highest BCUT2D eigenvalue weighted by molar-refractivity contribution is 5.43. The zero-order chi connectivity index (χ0) is 15.2. The van der Waals surface area contributed by atoms with Crippen molar-refractivity contribution in [3.05, 3.63) is 71.0 Å². The molecule has 2 heterocycles. The molecule has 0 bridgehead atoms. The van der Waals surface area contributed by atoms with Crippen molar-refractivity contribution in [1.82, 2.24) is 4.90 Å². The summed E-state index contributed by atoms with van der Waals surface area (Å²) in [6, 6.07) is 15.2. The van der Waals surface area contributed by atoms with E-state index in [-0.39, 0.29) is 17.5 Å². The lowest BCUT2D eigenvalue weighted by molar-refractivity contribution is -0.0941. The summed E-state index contributed by atoms with van der Waals surface area (Å²) in [5.41, 5.74) is 3.41. The molecule has 3 heteroatoms. The van der Waals surface area contributed by atoms with Gasteiger partial charge in [0.05, 0.1) is 5.60 Å². The predicted molar refractivity (Wildman–Crippen MR) is 84.2 cm³/mol. The molecule has 1 atom stereocenters. The summed E-state index contributed by atoms with van der Waals surface area (Å²) < 4.78 is 19.8. The Morgan fingerprint density at radius 1 is 1.05 bits per heavy atom. The number of ether oxygens (including phenoxy) is 1. The van der Waals surface area contributed by atoms with Gasteiger partial charge < -0.3 is 9.64 Å². The smallest absolute Gasteiger partial charge is 0.123 e. The first-order chi connectivity index (χ1) is 10.7. The molecule has 0 saturated carbocycles. The lowest BCUT2D eigenvalue weighted by Crippen LogP contribution is -2.40. The van der Waals surface area contributed by atoms with Crippen molar-refractivity contribution < 1.29 is 9.13 Å². The fraction of sp³-hybridized carbons (Fsp3) is 0.368. The molecule has 0 unspecified atom stereocenters. The molecule has 1 spiro atoms. The standard InChI is InChI=1S/C19H20FNO/c1-21-12-10-19(11-13-21)17-5-3-2-4-16(17)18(22-19)14-6-8-15(20)9-7-14/h2-9,18H,10-13H2,1H3/t18-/m0/s1. The zero-order valence-electron chi connectivity index (χ0n) is 12.8. The van der Waals surface area contributed by atoms with E-state index >= 15 is 0 Å². The summed E-state index contributed by atoms with van der Waals surface area (Å²) in [6.45, 7) is 2.09. The van der Waals surface area contributed by atoms with Crippen molar-refractivity contribution in [3.8, 4) is 0 Å². The first-order valence-electron chi connectivity index (χ1n) is 7.89. The summed E-state index contributed by atoms with van der Waals surface area (Å²) in [5.74, 6) is -0.205. The van der Waals surface area contributed by atoms with Gasteiger partial charge in [-0.15, -0.1) is 0 Å². The largest absolute Gasteiger partial charge is 0.358 e. The first kappa shape index (κ1) is 13.9. The lowest BCUT2D eigenvalue weighted by atomic mass is 9.83. The number of hydrogen-bond donors (Lipinski definition) is 0. The molecule has 2 aliphatic heterocycles. The summed E-state index contributed by atoms with van der Waals surface area (Å²) >= 11 is 0. The minimum Gasteiger partial charge on any atom is -0.358 e. The van der Waals surface area contributed by atoms with E-state index in [1.165, 1.54) is 23.3 Å². The Kier molecular flexibility index (Phi) is 3.28. The number of hydrogen-bond acceptors (Lipinski definition) is 2. The van der Waals surface area contributed by atoms with E-state index in [0.717, 1.165) is 31.5 Å². The minimum absolute atomic E-state index is 0.0831. The Hall–Kier alpha value is -1.71. The van der Waals surface area contributed by atoms with Crippen LogP contribution in [0.5, 0.6) is 0 Å². The Bertz CT molecular complexity index is 674. The van der Waals surface area contributed by atoms with Crippen LogP contribution in [0, 0.1) is 5.82 Å². The van der Waals surface area contributed by atoms with Crippen molar-refractivity contribution in [2.24, 2.45) is 0 Å². The van der Waals surface area contributed by atoms with Gasteiger partial charge in [0.2, 0.25) is 0 Å². The van der Waals surface area contributed by atoms with Gasteiger partial charge in [0.25, 0.3) is 0 Å². The van der Waals surface area contributed by atoms with E-state index < -0.39 is 0 Å². The van der Waals surface area contributed by atoms with Crippen molar-refractivity contribution in [1.29, 1.82) is 0 Å². The summed E-state index contributed by atoms with van der Waals surface area (Å²) in [6.07, 6.45) is 1.94. The van der Waals surface area contributed by atoms with E-state index in [4.69, 9.17) is 4.74 Å². The SMILES string of the molecule is CN1CCC2(CC1)O[C@@H](c1ccc(F)cc1)c1ccccc12. The molecule has 0 radical (unpaired) electrons. The molecule has 2 aliphatic rings. The molecule has 0 aliphatic carbocycles. The molecule has 114 valence electrons. The second-order valence-electron chi connectivity index (χ2n) is 6.43. The molecular weight excluding hydrogens is 277 g/mol. The number of fused-ring (bicyclic) bond motifs is 2. The van der Waals surface area contributed by atoms with Crippen LogP contribution in [0.15, 0.2) is 48.5 Å². The quantitative estimate of drug-likeness (QED) is 0.792. The Morgan fingerprint density at radius 3 is 2.45 bits per heavy atom. The first-order valence-corrected chi connectivity index (χ1v) is 7.89. The Labute approximate surface area is 130 Å². The molecule has 0 N–H and O–H groups in total. The molecule has 1 saturated heterocycles. The van der Waals surface area contributed by atoms with E-state index in [9.17, 15) is 4.39 Å². The fourth-order valence-corrected chi connectivity index (χ4v) is 3.75. The molecule has 2 nitrogen and oxygen atoms in total. The molecule has 0 aromatic heterocycles. The number of likely N-dealkylation sites (tertiary alicyclic amines) is 1. The second-order valence-corrected chi connectivity index (χ2v) is 6.43. The Balaban J connectivity index is 1.75. The molecule has 22 heavy (non-hydrogen) atoms. The van der Waals surface area contributed by atoms with Gasteiger partial charge in [0, 0.05) is 13.1 Å². The van der Waals surface area contributed by atoms with Gasteiger partial charge in [-0.25, -0.2) is 4.39 Å². The molecule has 2 aromatic carbocycles. The maximum absolute atomic E-state index is 13.2. The summed E-state index contributed by atoms with van der Waals surface area (Å²) in [7, 11) is 2.16. The zero-order valence-corrected chi connectivity index (χ0v) is 12.8. The van der Waals surface area contributed by atoms with Crippen molar-refractivity contribution in [3.63, 3.8) is 0 Å². The van der Waals surface area contributed by atoms with Crippen LogP contribution in [-0.4, -0.2) is 25.0 Å². The number of piperidine rings is 1. The fourth-order valence-electron chi connectivity index (χ4n) is 3.75. The van der Waals surface area contributed by atoms with Crippen LogP contribution in [-0.2, 0) is 10.3 Å². The highest BCUT2D eigenvalue weighted by Crippen LogP contribution is 2.51. The molecule has 1 fully saturated rings. The number of nitrogens with zero attached hydrogens (tertiary/aromatic N) is 1. The lowest BCUT2D eigenvalue weighted by Gasteiger charge is -2.38. The molecule has 0 amide bonds. The van der Waals surface area contributed by atoms with Gasteiger partial charge in [-0.3, -0.25) is 0 Å². The maximum atomic E-state index is 13.2. The van der Waals surface area contributed by atoms with E-state index in [1.54, 1.807) is 0 Å². The topological polar surface area (TPSA) is 12.5 Å². The highest BCUT2D eigenvalue weighted by Gasteiger charge is 2.46. The van der Waals surface area contributed by atoms with Crippen LogP contribution in [0.4, 0.5) is 4.39 Å². The van der Waals surface area contributed by atoms with Crippen LogP contribution in [0.2, 0.25) is 0 Å². The monoisotopic (exact) mass is 297 g/mol. The number of benzene rings is 2. The van der Waals surface area contributed by atoms with E-state index in [0.29, 0.717) is 0 Å². The van der Waals surface area contributed by atoms with Crippen LogP contribution in [0.1, 0.15) is 35.6 Å². The van der Waals surface area contributed by atoms with Crippen LogP contribution >= 0.6 is 0 Å². The summed E-state index contributed by atoms with van der Waals surface area (Å²) in [5, 5.41) is 0. The van der Waals surface area contributed by atoms with Gasteiger partial charge in [-0.05, 0) is 48.7 Å². The van der Waals surface area contributed by atoms with E-state index in [2.05, 4.69) is 36.2 Å². The van der Waals surface area contributed by atoms with Gasteiger partial charge in [-0.1, -0.05) is 36.4 Å². The van der Waals surface area contributed by atoms with Crippen molar-refractivity contribution in [2.45, 2.75) is 24.5 Å². The third-order valence-corrected chi connectivity index (χ3v) is 5.05. The third-order valence-electron chi connectivity index (χ3n) is 5.05. The third kappa shape index (κ3) is 2.16. The van der Waals surface area contributed by atoms with Crippen LogP contribution < -0.4 is 0 Å². The molecule has 4 rings (SSSR count). The van der Waals surface area contributed by atoms with Crippen molar-refractivity contribution in [2.75, 3.05) is 20.1 Å². The van der Waals surface area contributed by atoms with Gasteiger partial charge in [0.15, 0.2) is 0 Å². The average Bonchev–Trinajstić information content (AvgIpc) is 2.87. The number of halogens is 1. The maximum Gasteiger partial charge on any atom is 0.123 e. The number of rotatable bonds is 1. The second kappa shape index (κ2) is 5.18. The predicted octanol–water partition coefficient (Wildman–Crippen LogP) is 3.87. The normalized spacial score (nSPS) is 23.6.